The van der Waals surface area contributed by atoms with Gasteiger partial charge in [-0.25, -0.2) is 0 Å². The van der Waals surface area contributed by atoms with Crippen molar-refractivity contribution < 1.29 is 9.59 Å². The predicted octanol–water partition coefficient (Wildman–Crippen LogP) is 2.28. The van der Waals surface area contributed by atoms with Crippen LogP contribution in [-0.4, -0.2) is 24.1 Å². The van der Waals surface area contributed by atoms with Crippen LogP contribution in [0.5, 0.6) is 0 Å². The van der Waals surface area contributed by atoms with Crippen LogP contribution in [0.2, 0.25) is 0 Å². The average molecular weight is 233 g/mol. The Morgan fingerprint density at radius 3 is 2.59 bits per heavy atom. The summed E-state index contributed by atoms with van der Waals surface area (Å²) in [4.78, 5) is 23.0. The summed E-state index contributed by atoms with van der Waals surface area (Å²) in [6.07, 6.45) is 0.349. The van der Waals surface area contributed by atoms with Crippen molar-refractivity contribution in [2.75, 3.05) is 7.05 Å². The van der Waals surface area contributed by atoms with Crippen molar-refractivity contribution >= 4 is 12.2 Å². The molecular formula is C14H19NO2. The molecule has 3 heteroatoms. The first-order valence-corrected chi connectivity index (χ1v) is 5.75. The Bertz CT molecular complexity index is 424. The van der Waals surface area contributed by atoms with E-state index in [-0.39, 0.29) is 0 Å². The Labute approximate surface area is 102 Å². The first-order chi connectivity index (χ1) is 7.95. The first-order valence-electron chi connectivity index (χ1n) is 5.75. The zero-order chi connectivity index (χ0) is 13.0. The van der Waals surface area contributed by atoms with Gasteiger partial charge in [0.15, 0.2) is 0 Å². The second-order valence-corrected chi connectivity index (χ2v) is 4.65. The number of aryl methyl sites for hydroxylation is 1. The quantitative estimate of drug-likeness (QED) is 0.591. The fourth-order valence-corrected chi connectivity index (χ4v) is 1.64. The largest absolute Gasteiger partial charge is 0.335 e. The van der Waals surface area contributed by atoms with E-state index < -0.39 is 5.91 Å². The molecule has 0 spiro atoms. The van der Waals surface area contributed by atoms with Crippen molar-refractivity contribution in [3.63, 3.8) is 0 Å². The second kappa shape index (κ2) is 5.62. The van der Waals surface area contributed by atoms with Crippen molar-refractivity contribution in [2.45, 2.75) is 33.2 Å². The van der Waals surface area contributed by atoms with Crippen LogP contribution in [0, 0.1) is 6.92 Å². The summed E-state index contributed by atoms with van der Waals surface area (Å²) in [7, 11) is 1.64. The lowest BCUT2D eigenvalue weighted by Crippen LogP contribution is -2.27. The van der Waals surface area contributed by atoms with E-state index in [4.69, 9.17) is 0 Å². The number of nitrogens with zero attached hydrogens (tertiary/aromatic N) is 1. The van der Waals surface area contributed by atoms with Crippen LogP contribution < -0.4 is 0 Å². The molecule has 0 aliphatic heterocycles. The molecule has 17 heavy (non-hydrogen) atoms. The van der Waals surface area contributed by atoms with Gasteiger partial charge in [-0.1, -0.05) is 32.0 Å². The van der Waals surface area contributed by atoms with Crippen LogP contribution in [0.1, 0.15) is 36.5 Å². The fraction of sp³-hybridized carbons (Fsp3) is 0.429. The Morgan fingerprint density at radius 2 is 2.06 bits per heavy atom. The molecule has 0 heterocycles. The minimum Gasteiger partial charge on any atom is -0.335 e. The molecule has 0 bridgehead atoms. The van der Waals surface area contributed by atoms with E-state index >= 15 is 0 Å². The van der Waals surface area contributed by atoms with Gasteiger partial charge in [-0.2, -0.15) is 0 Å². The van der Waals surface area contributed by atoms with Gasteiger partial charge in [-0.3, -0.25) is 9.59 Å². The van der Waals surface area contributed by atoms with Gasteiger partial charge in [0.1, 0.15) is 0 Å². The van der Waals surface area contributed by atoms with Gasteiger partial charge in [0.05, 0.1) is 0 Å². The summed E-state index contributed by atoms with van der Waals surface area (Å²) in [6, 6.07) is 6.27. The third-order valence-electron chi connectivity index (χ3n) is 2.92. The molecule has 1 amide bonds. The summed E-state index contributed by atoms with van der Waals surface area (Å²) >= 11 is 0. The van der Waals surface area contributed by atoms with E-state index in [9.17, 15) is 9.59 Å². The first kappa shape index (κ1) is 13.4. The molecule has 0 saturated heterocycles. The highest BCUT2D eigenvalue weighted by molar-refractivity contribution is 6.23. The molecule has 1 aromatic carbocycles. The molecule has 92 valence electrons. The van der Waals surface area contributed by atoms with Gasteiger partial charge in [0, 0.05) is 13.6 Å². The molecule has 0 N–H and O–H groups in total. The molecule has 0 radical (unpaired) electrons. The third-order valence-corrected chi connectivity index (χ3v) is 2.92. The van der Waals surface area contributed by atoms with Gasteiger partial charge < -0.3 is 4.90 Å². The summed E-state index contributed by atoms with van der Waals surface area (Å²) in [6.45, 7) is 6.76. The van der Waals surface area contributed by atoms with Crippen molar-refractivity contribution in [1.29, 1.82) is 0 Å². The molecule has 1 aromatic rings. The predicted molar refractivity (Wildman–Crippen MR) is 67.8 cm³/mol. The van der Waals surface area contributed by atoms with Crippen molar-refractivity contribution in [3.8, 4) is 0 Å². The van der Waals surface area contributed by atoms with E-state index in [1.165, 1.54) is 10.5 Å². The Hall–Kier alpha value is -1.64. The van der Waals surface area contributed by atoms with E-state index in [1.54, 1.807) is 7.05 Å². The molecule has 0 saturated carbocycles. The highest BCUT2D eigenvalue weighted by Gasteiger charge is 2.10. The zero-order valence-electron chi connectivity index (χ0n) is 10.9. The van der Waals surface area contributed by atoms with E-state index in [2.05, 4.69) is 32.0 Å². The molecule has 0 fully saturated rings. The minimum atomic E-state index is -0.487. The van der Waals surface area contributed by atoms with Crippen LogP contribution in [0.3, 0.4) is 0 Å². The highest BCUT2D eigenvalue weighted by Crippen LogP contribution is 2.19. The summed E-state index contributed by atoms with van der Waals surface area (Å²) in [5.74, 6) is -0.0271. The number of hydrogen-bond donors (Lipinski definition) is 0. The second-order valence-electron chi connectivity index (χ2n) is 4.65. The van der Waals surface area contributed by atoms with Crippen LogP contribution in [0.4, 0.5) is 0 Å². The number of amides is 1. The molecule has 1 rings (SSSR count). The fourth-order valence-electron chi connectivity index (χ4n) is 1.64. The summed E-state index contributed by atoms with van der Waals surface area (Å²) in [5.41, 5.74) is 3.48. The maximum absolute atomic E-state index is 11.2. The van der Waals surface area contributed by atoms with Crippen LogP contribution >= 0.6 is 0 Å². The van der Waals surface area contributed by atoms with E-state index in [0.29, 0.717) is 18.7 Å². The van der Waals surface area contributed by atoms with Gasteiger partial charge in [-0.15, -0.1) is 0 Å². The third kappa shape index (κ3) is 3.41. The Kier molecular flexibility index (Phi) is 4.44. The van der Waals surface area contributed by atoms with Gasteiger partial charge in [0.2, 0.25) is 6.29 Å². The number of hydrogen-bond acceptors (Lipinski definition) is 2. The van der Waals surface area contributed by atoms with Crippen molar-refractivity contribution in [2.24, 2.45) is 0 Å². The monoisotopic (exact) mass is 233 g/mol. The lowest BCUT2D eigenvalue weighted by molar-refractivity contribution is -0.138. The van der Waals surface area contributed by atoms with Gasteiger partial charge in [0.25, 0.3) is 5.91 Å². The molecule has 0 atom stereocenters. The topological polar surface area (TPSA) is 37.4 Å². The van der Waals surface area contributed by atoms with Crippen molar-refractivity contribution in [1.82, 2.24) is 4.90 Å². The molecule has 0 aliphatic rings. The Morgan fingerprint density at radius 1 is 1.41 bits per heavy atom. The van der Waals surface area contributed by atoms with Crippen LogP contribution in [0.25, 0.3) is 0 Å². The normalized spacial score (nSPS) is 10.4. The highest BCUT2D eigenvalue weighted by atomic mass is 16.2. The van der Waals surface area contributed by atoms with Crippen LogP contribution in [-0.2, 0) is 16.1 Å². The number of rotatable bonds is 4. The lowest BCUT2D eigenvalue weighted by atomic mass is 9.97. The maximum Gasteiger partial charge on any atom is 0.286 e. The van der Waals surface area contributed by atoms with Crippen LogP contribution in [0.15, 0.2) is 18.2 Å². The summed E-state index contributed by atoms with van der Waals surface area (Å²) in [5, 5.41) is 0. The average Bonchev–Trinajstić information content (AvgIpc) is 2.30. The smallest absolute Gasteiger partial charge is 0.286 e. The molecule has 0 aromatic heterocycles. The van der Waals surface area contributed by atoms with E-state index in [0.717, 1.165) is 11.1 Å². The van der Waals surface area contributed by atoms with E-state index in [1.807, 2.05) is 6.92 Å². The number of carbonyl (C=O) groups excluding carboxylic acids is 2. The molecule has 0 aliphatic carbocycles. The standard InChI is InChI=1S/C14H19NO2/c1-10(2)12-6-5-11(3)13(7-12)8-15(4)14(17)9-16/h5-7,9-10H,8H2,1-4H3. The van der Waals surface area contributed by atoms with Gasteiger partial charge >= 0.3 is 0 Å². The number of benzene rings is 1. The zero-order valence-corrected chi connectivity index (χ0v) is 10.9. The maximum atomic E-state index is 11.2. The molecule has 3 nitrogen and oxygen atoms in total. The van der Waals surface area contributed by atoms with Crippen molar-refractivity contribution in [3.05, 3.63) is 34.9 Å². The number of aldehydes is 1. The Balaban J connectivity index is 2.93. The SMILES string of the molecule is Cc1ccc(C(C)C)cc1CN(C)C(=O)C=O. The van der Waals surface area contributed by atoms with Gasteiger partial charge in [-0.05, 0) is 29.5 Å². The molecular weight excluding hydrogens is 214 g/mol. The number of likely N-dealkylation sites (N-methyl/N-ethyl adjacent to an activating group) is 1. The molecule has 0 unspecified atom stereocenters. The number of carbonyl (C=O) groups is 2. The minimum absolute atomic E-state index is 0.349. The summed E-state index contributed by atoms with van der Waals surface area (Å²) < 4.78 is 0. The lowest BCUT2D eigenvalue weighted by Gasteiger charge is -2.17.